The molecule has 0 radical (unpaired) electrons. The predicted molar refractivity (Wildman–Crippen MR) is 57.0 cm³/mol. The van der Waals surface area contributed by atoms with Gasteiger partial charge in [-0.2, -0.15) is 0 Å². The first-order valence-corrected chi connectivity index (χ1v) is 4.64. The first kappa shape index (κ1) is 10.3. The second kappa shape index (κ2) is 5.07. The van der Waals surface area contributed by atoms with Crippen LogP contribution in [0.2, 0.25) is 0 Å². The standard InChI is InChI=1S/C9H8N2O.C2H6/c12-8-3-1-7(2-4-8)9-5-10-6-11-9;1-2/h1-6,12H,(H,10,11);1-2H3. The van der Waals surface area contributed by atoms with Gasteiger partial charge in [0.1, 0.15) is 5.75 Å². The highest BCUT2D eigenvalue weighted by atomic mass is 16.3. The van der Waals surface area contributed by atoms with Crippen LogP contribution in [-0.4, -0.2) is 15.1 Å². The summed E-state index contributed by atoms with van der Waals surface area (Å²) >= 11 is 0. The molecule has 2 N–H and O–H groups in total. The number of aromatic amines is 1. The normalized spacial score (nSPS) is 9.00. The van der Waals surface area contributed by atoms with E-state index >= 15 is 0 Å². The SMILES string of the molecule is CC.Oc1ccc(-c2cnc[nH]2)cc1. The molecule has 0 unspecified atom stereocenters. The number of phenolic OH excluding ortho intramolecular Hbond substituents is 1. The van der Waals surface area contributed by atoms with Crippen molar-refractivity contribution in [1.82, 2.24) is 9.97 Å². The van der Waals surface area contributed by atoms with Crippen molar-refractivity contribution in [3.63, 3.8) is 0 Å². The summed E-state index contributed by atoms with van der Waals surface area (Å²) in [5.41, 5.74) is 1.97. The van der Waals surface area contributed by atoms with E-state index in [-0.39, 0.29) is 5.75 Å². The van der Waals surface area contributed by atoms with Crippen molar-refractivity contribution < 1.29 is 5.11 Å². The molecule has 14 heavy (non-hydrogen) atoms. The van der Waals surface area contributed by atoms with Crippen molar-refractivity contribution in [2.24, 2.45) is 0 Å². The van der Waals surface area contributed by atoms with E-state index in [2.05, 4.69) is 9.97 Å². The van der Waals surface area contributed by atoms with Gasteiger partial charge >= 0.3 is 0 Å². The number of phenols is 1. The number of aromatic hydroxyl groups is 1. The Morgan fingerprint density at radius 1 is 1.14 bits per heavy atom. The predicted octanol–water partition coefficient (Wildman–Crippen LogP) is 2.81. The highest BCUT2D eigenvalue weighted by molar-refractivity contribution is 5.58. The van der Waals surface area contributed by atoms with Crippen LogP contribution in [0.1, 0.15) is 13.8 Å². The molecule has 3 nitrogen and oxygen atoms in total. The Hall–Kier alpha value is -1.77. The minimum Gasteiger partial charge on any atom is -0.508 e. The number of nitrogens with one attached hydrogen (secondary N) is 1. The summed E-state index contributed by atoms with van der Waals surface area (Å²) in [4.78, 5) is 6.88. The van der Waals surface area contributed by atoms with Gasteiger partial charge in [-0.1, -0.05) is 13.8 Å². The molecule has 0 fully saturated rings. The van der Waals surface area contributed by atoms with Gasteiger partial charge < -0.3 is 10.1 Å². The van der Waals surface area contributed by atoms with E-state index in [1.165, 1.54) is 0 Å². The first-order chi connectivity index (χ1) is 6.86. The molecule has 0 saturated heterocycles. The maximum Gasteiger partial charge on any atom is 0.115 e. The summed E-state index contributed by atoms with van der Waals surface area (Å²) in [5, 5.41) is 9.03. The maximum absolute atomic E-state index is 9.03. The molecular formula is C11H14N2O. The molecule has 74 valence electrons. The number of imidazole rings is 1. The molecule has 0 amide bonds. The molecule has 0 spiro atoms. The monoisotopic (exact) mass is 190 g/mol. The second-order valence-electron chi connectivity index (χ2n) is 2.51. The Balaban J connectivity index is 0.000000461. The Morgan fingerprint density at radius 3 is 2.29 bits per heavy atom. The largest absolute Gasteiger partial charge is 0.508 e. The summed E-state index contributed by atoms with van der Waals surface area (Å²) in [6.45, 7) is 4.00. The lowest BCUT2D eigenvalue weighted by Crippen LogP contribution is -1.74. The number of nitrogens with zero attached hydrogens (tertiary/aromatic N) is 1. The average Bonchev–Trinajstić information content (AvgIpc) is 2.75. The van der Waals surface area contributed by atoms with Crippen molar-refractivity contribution in [2.45, 2.75) is 13.8 Å². The summed E-state index contributed by atoms with van der Waals surface area (Å²) in [7, 11) is 0. The fourth-order valence-corrected chi connectivity index (χ4v) is 1.05. The minimum atomic E-state index is 0.276. The molecule has 2 rings (SSSR count). The zero-order valence-electron chi connectivity index (χ0n) is 8.36. The van der Waals surface area contributed by atoms with Gasteiger partial charge in [-0.3, -0.25) is 0 Å². The molecular weight excluding hydrogens is 176 g/mol. The van der Waals surface area contributed by atoms with Crippen LogP contribution in [0.25, 0.3) is 11.3 Å². The van der Waals surface area contributed by atoms with Crippen molar-refractivity contribution in [3.8, 4) is 17.0 Å². The quantitative estimate of drug-likeness (QED) is 0.726. The Bertz CT molecular complexity index is 351. The summed E-state index contributed by atoms with van der Waals surface area (Å²) in [5.74, 6) is 0.276. The van der Waals surface area contributed by atoms with E-state index in [0.29, 0.717) is 0 Å². The molecule has 0 aliphatic heterocycles. The molecule has 1 aromatic carbocycles. The third kappa shape index (κ3) is 2.36. The van der Waals surface area contributed by atoms with E-state index < -0.39 is 0 Å². The Kier molecular flexibility index (Phi) is 3.73. The van der Waals surface area contributed by atoms with Gasteiger partial charge in [0.25, 0.3) is 0 Å². The lowest BCUT2D eigenvalue weighted by atomic mass is 10.2. The van der Waals surface area contributed by atoms with Gasteiger partial charge in [-0.25, -0.2) is 4.98 Å². The fourth-order valence-electron chi connectivity index (χ4n) is 1.05. The van der Waals surface area contributed by atoms with E-state index in [1.807, 2.05) is 26.0 Å². The molecule has 1 aromatic heterocycles. The van der Waals surface area contributed by atoms with Gasteiger partial charge in [-0.05, 0) is 29.8 Å². The van der Waals surface area contributed by atoms with E-state index in [0.717, 1.165) is 11.3 Å². The third-order valence-corrected chi connectivity index (χ3v) is 1.68. The number of benzene rings is 1. The van der Waals surface area contributed by atoms with Crippen LogP contribution in [0.15, 0.2) is 36.8 Å². The minimum absolute atomic E-state index is 0.276. The number of hydrogen-bond donors (Lipinski definition) is 2. The highest BCUT2D eigenvalue weighted by Gasteiger charge is 1.96. The fraction of sp³-hybridized carbons (Fsp3) is 0.182. The number of hydrogen-bond acceptors (Lipinski definition) is 2. The van der Waals surface area contributed by atoms with Crippen LogP contribution in [-0.2, 0) is 0 Å². The molecule has 0 atom stereocenters. The van der Waals surface area contributed by atoms with Gasteiger partial charge in [0.2, 0.25) is 0 Å². The van der Waals surface area contributed by atoms with Gasteiger partial charge in [0.05, 0.1) is 18.2 Å². The smallest absolute Gasteiger partial charge is 0.115 e. The highest BCUT2D eigenvalue weighted by Crippen LogP contribution is 2.18. The van der Waals surface area contributed by atoms with Crippen LogP contribution in [0.4, 0.5) is 0 Å². The van der Waals surface area contributed by atoms with Crippen LogP contribution in [0, 0.1) is 0 Å². The molecule has 0 aliphatic carbocycles. The second-order valence-corrected chi connectivity index (χ2v) is 2.51. The number of rotatable bonds is 1. The summed E-state index contributed by atoms with van der Waals surface area (Å²) in [6, 6.07) is 6.97. The van der Waals surface area contributed by atoms with Crippen molar-refractivity contribution in [1.29, 1.82) is 0 Å². The van der Waals surface area contributed by atoms with E-state index in [9.17, 15) is 0 Å². The van der Waals surface area contributed by atoms with Crippen LogP contribution in [0.3, 0.4) is 0 Å². The zero-order chi connectivity index (χ0) is 10.4. The number of aromatic nitrogens is 2. The van der Waals surface area contributed by atoms with Gasteiger partial charge in [0, 0.05) is 0 Å². The third-order valence-electron chi connectivity index (χ3n) is 1.68. The lowest BCUT2D eigenvalue weighted by Gasteiger charge is -1.96. The van der Waals surface area contributed by atoms with Gasteiger partial charge in [0.15, 0.2) is 0 Å². The topological polar surface area (TPSA) is 48.9 Å². The van der Waals surface area contributed by atoms with Crippen molar-refractivity contribution >= 4 is 0 Å². The maximum atomic E-state index is 9.03. The van der Waals surface area contributed by atoms with Crippen LogP contribution >= 0.6 is 0 Å². The molecule has 0 bridgehead atoms. The molecule has 1 heterocycles. The molecule has 0 saturated carbocycles. The van der Waals surface area contributed by atoms with Crippen LogP contribution < -0.4 is 0 Å². The van der Waals surface area contributed by atoms with E-state index in [1.54, 1.807) is 24.7 Å². The van der Waals surface area contributed by atoms with Crippen molar-refractivity contribution in [3.05, 3.63) is 36.8 Å². The molecule has 3 heteroatoms. The first-order valence-electron chi connectivity index (χ1n) is 4.64. The van der Waals surface area contributed by atoms with Crippen LogP contribution in [0.5, 0.6) is 5.75 Å². The van der Waals surface area contributed by atoms with E-state index in [4.69, 9.17) is 5.11 Å². The Labute approximate surface area is 83.4 Å². The zero-order valence-corrected chi connectivity index (χ0v) is 8.36. The summed E-state index contributed by atoms with van der Waals surface area (Å²) < 4.78 is 0. The molecule has 0 aliphatic rings. The lowest BCUT2D eigenvalue weighted by molar-refractivity contribution is 0.475. The Morgan fingerprint density at radius 2 is 1.79 bits per heavy atom. The number of H-pyrrole nitrogens is 1. The molecule has 2 aromatic rings. The average molecular weight is 190 g/mol. The summed E-state index contributed by atoms with van der Waals surface area (Å²) in [6.07, 6.45) is 3.37. The van der Waals surface area contributed by atoms with Crippen molar-refractivity contribution in [2.75, 3.05) is 0 Å². The van der Waals surface area contributed by atoms with Gasteiger partial charge in [-0.15, -0.1) is 0 Å².